The first-order chi connectivity index (χ1) is 10.0. The van der Waals surface area contributed by atoms with Crippen LogP contribution in [0.3, 0.4) is 0 Å². The topological polar surface area (TPSA) is 72.8 Å². The number of rotatable bonds is 6. The molecule has 1 heterocycles. The third kappa shape index (κ3) is 5.54. The predicted octanol–water partition coefficient (Wildman–Crippen LogP) is 1.80. The molecule has 0 aromatic carbocycles. The summed E-state index contributed by atoms with van der Waals surface area (Å²) in [6, 6.07) is 0. The van der Waals surface area contributed by atoms with Crippen molar-refractivity contribution in [3.8, 4) is 0 Å². The Morgan fingerprint density at radius 3 is 2.68 bits per heavy atom. The van der Waals surface area contributed by atoms with E-state index in [9.17, 15) is 5.11 Å². The van der Waals surface area contributed by atoms with Gasteiger partial charge in [0.05, 0.1) is 17.8 Å². The Labute approximate surface area is 153 Å². The second-order valence-corrected chi connectivity index (χ2v) is 6.48. The molecule has 1 aliphatic carbocycles. The Bertz CT molecular complexity index is 487. The molecule has 0 radical (unpaired) electrons. The minimum Gasteiger partial charge on any atom is -0.388 e. The van der Waals surface area contributed by atoms with E-state index in [-0.39, 0.29) is 24.0 Å². The standard InChI is InChI=1S/C14H25N5OS.HI/c1-4-15-12(17-10-14(20)6-5-7-14)16-8-11-9-21-13(18-11)19(2)3;/h9,20H,4-8,10H2,1-3H3,(H2,15,16,17);1H. The lowest BCUT2D eigenvalue weighted by molar-refractivity contribution is -0.0279. The number of anilines is 1. The number of aromatic nitrogens is 1. The number of nitrogens with one attached hydrogen (secondary N) is 2. The van der Waals surface area contributed by atoms with Gasteiger partial charge in [0.25, 0.3) is 0 Å². The Kier molecular flexibility index (Phi) is 7.84. The van der Waals surface area contributed by atoms with E-state index in [1.807, 2.05) is 31.3 Å². The maximum absolute atomic E-state index is 10.1. The van der Waals surface area contributed by atoms with Gasteiger partial charge in [0.1, 0.15) is 0 Å². The number of nitrogens with zero attached hydrogens (tertiary/aromatic N) is 3. The zero-order valence-corrected chi connectivity index (χ0v) is 16.6. The smallest absolute Gasteiger partial charge is 0.191 e. The van der Waals surface area contributed by atoms with E-state index >= 15 is 0 Å². The van der Waals surface area contributed by atoms with Crippen LogP contribution in [-0.2, 0) is 6.54 Å². The molecule has 1 fully saturated rings. The van der Waals surface area contributed by atoms with Crippen molar-refractivity contribution in [1.29, 1.82) is 0 Å². The highest BCUT2D eigenvalue weighted by atomic mass is 127. The van der Waals surface area contributed by atoms with Crippen LogP contribution in [0.5, 0.6) is 0 Å². The Balaban J connectivity index is 0.00000242. The summed E-state index contributed by atoms with van der Waals surface area (Å²) < 4.78 is 0. The molecule has 0 atom stereocenters. The van der Waals surface area contributed by atoms with E-state index in [1.165, 1.54) is 0 Å². The number of thiazole rings is 1. The molecule has 0 bridgehead atoms. The molecule has 8 heteroatoms. The maximum atomic E-state index is 10.1. The van der Waals surface area contributed by atoms with Crippen LogP contribution in [0.4, 0.5) is 5.13 Å². The van der Waals surface area contributed by atoms with Gasteiger partial charge >= 0.3 is 0 Å². The fourth-order valence-electron chi connectivity index (χ4n) is 2.09. The zero-order valence-electron chi connectivity index (χ0n) is 13.4. The number of aliphatic hydroxyl groups is 1. The van der Waals surface area contributed by atoms with Gasteiger partial charge in [-0.3, -0.25) is 0 Å². The predicted molar refractivity (Wildman–Crippen MR) is 103 cm³/mol. The van der Waals surface area contributed by atoms with E-state index in [4.69, 9.17) is 0 Å². The average molecular weight is 439 g/mol. The van der Waals surface area contributed by atoms with Crippen LogP contribution in [0.1, 0.15) is 31.9 Å². The van der Waals surface area contributed by atoms with Crippen molar-refractivity contribution in [3.63, 3.8) is 0 Å². The summed E-state index contributed by atoms with van der Waals surface area (Å²) in [5.41, 5.74) is 0.415. The van der Waals surface area contributed by atoms with Gasteiger partial charge in [-0.2, -0.15) is 0 Å². The second-order valence-electron chi connectivity index (χ2n) is 5.64. The van der Waals surface area contributed by atoms with Gasteiger partial charge in [-0.15, -0.1) is 35.3 Å². The lowest BCUT2D eigenvalue weighted by atomic mass is 9.80. The molecule has 0 unspecified atom stereocenters. The highest BCUT2D eigenvalue weighted by molar-refractivity contribution is 14.0. The van der Waals surface area contributed by atoms with Crippen LogP contribution in [-0.4, -0.2) is 48.8 Å². The van der Waals surface area contributed by atoms with E-state index in [2.05, 4.69) is 20.6 Å². The minimum atomic E-state index is -0.547. The monoisotopic (exact) mass is 439 g/mol. The van der Waals surface area contributed by atoms with Crippen LogP contribution in [0, 0.1) is 0 Å². The maximum Gasteiger partial charge on any atom is 0.191 e. The van der Waals surface area contributed by atoms with Gasteiger partial charge in [0.15, 0.2) is 11.1 Å². The lowest BCUT2D eigenvalue weighted by Crippen LogP contribution is -2.50. The van der Waals surface area contributed by atoms with Crippen molar-refractivity contribution in [2.75, 3.05) is 32.1 Å². The summed E-state index contributed by atoms with van der Waals surface area (Å²) in [5, 5.41) is 19.5. The highest BCUT2D eigenvalue weighted by Gasteiger charge is 2.34. The van der Waals surface area contributed by atoms with E-state index in [0.717, 1.165) is 42.6 Å². The molecule has 6 nitrogen and oxygen atoms in total. The molecule has 1 saturated carbocycles. The summed E-state index contributed by atoms with van der Waals surface area (Å²) >= 11 is 1.62. The Morgan fingerprint density at radius 2 is 2.18 bits per heavy atom. The van der Waals surface area contributed by atoms with Gasteiger partial charge in [0.2, 0.25) is 0 Å². The first-order valence-electron chi connectivity index (χ1n) is 7.39. The number of hydrogen-bond donors (Lipinski definition) is 3. The number of guanidine groups is 1. The molecule has 0 saturated heterocycles. The molecule has 0 aliphatic heterocycles. The van der Waals surface area contributed by atoms with Gasteiger partial charge in [0, 0.05) is 32.6 Å². The zero-order chi connectivity index (χ0) is 15.3. The van der Waals surface area contributed by atoms with Gasteiger partial charge in [-0.05, 0) is 26.2 Å². The molecular formula is C14H26IN5OS. The highest BCUT2D eigenvalue weighted by Crippen LogP contribution is 2.30. The van der Waals surface area contributed by atoms with Crippen LogP contribution in [0.15, 0.2) is 10.4 Å². The lowest BCUT2D eigenvalue weighted by Gasteiger charge is -2.36. The molecule has 1 aromatic heterocycles. The molecule has 2 rings (SSSR count). The number of aliphatic imine (C=N–C) groups is 1. The van der Waals surface area contributed by atoms with Crippen molar-refractivity contribution < 1.29 is 5.11 Å². The average Bonchev–Trinajstić information content (AvgIpc) is 2.89. The molecule has 126 valence electrons. The third-order valence-corrected chi connectivity index (χ3v) is 4.59. The first-order valence-corrected chi connectivity index (χ1v) is 8.27. The van der Waals surface area contributed by atoms with Crippen molar-refractivity contribution >= 4 is 46.4 Å². The summed E-state index contributed by atoms with van der Waals surface area (Å²) in [4.78, 5) is 11.0. The normalized spacial score (nSPS) is 16.5. The van der Waals surface area contributed by atoms with Crippen LogP contribution in [0.2, 0.25) is 0 Å². The summed E-state index contributed by atoms with van der Waals surface area (Å²) in [6.07, 6.45) is 2.85. The Hall–Kier alpha value is -0.610. The van der Waals surface area contributed by atoms with Crippen LogP contribution >= 0.6 is 35.3 Å². The molecule has 0 spiro atoms. The van der Waals surface area contributed by atoms with Gasteiger partial charge in [-0.1, -0.05) is 0 Å². The fourth-order valence-corrected chi connectivity index (χ4v) is 2.84. The van der Waals surface area contributed by atoms with Crippen LogP contribution < -0.4 is 15.5 Å². The largest absolute Gasteiger partial charge is 0.388 e. The molecular weight excluding hydrogens is 413 g/mol. The first kappa shape index (κ1) is 19.4. The van der Waals surface area contributed by atoms with E-state index in [1.54, 1.807) is 11.3 Å². The van der Waals surface area contributed by atoms with Crippen molar-refractivity contribution in [2.24, 2.45) is 4.99 Å². The SMILES string of the molecule is CCNC(=NCc1csc(N(C)C)n1)NCC1(O)CCC1.I. The van der Waals surface area contributed by atoms with Gasteiger partial charge < -0.3 is 20.6 Å². The van der Waals surface area contributed by atoms with Crippen molar-refractivity contribution in [3.05, 3.63) is 11.1 Å². The molecule has 1 aromatic rings. The van der Waals surface area contributed by atoms with Crippen molar-refractivity contribution in [2.45, 2.75) is 38.3 Å². The fraction of sp³-hybridized carbons (Fsp3) is 0.714. The summed E-state index contributed by atoms with van der Waals surface area (Å²) in [5.74, 6) is 0.734. The van der Waals surface area contributed by atoms with E-state index < -0.39 is 5.60 Å². The molecule has 0 amide bonds. The van der Waals surface area contributed by atoms with Crippen molar-refractivity contribution in [1.82, 2.24) is 15.6 Å². The molecule has 22 heavy (non-hydrogen) atoms. The van der Waals surface area contributed by atoms with E-state index in [0.29, 0.717) is 13.1 Å². The third-order valence-electron chi connectivity index (χ3n) is 3.53. The number of halogens is 1. The Morgan fingerprint density at radius 1 is 1.45 bits per heavy atom. The molecule has 1 aliphatic rings. The minimum absolute atomic E-state index is 0. The van der Waals surface area contributed by atoms with Gasteiger partial charge in [-0.25, -0.2) is 9.98 Å². The molecule has 3 N–H and O–H groups in total. The quantitative estimate of drug-likeness (QED) is 0.358. The summed E-state index contributed by atoms with van der Waals surface area (Å²) in [6.45, 7) is 3.92. The van der Waals surface area contributed by atoms with Crippen LogP contribution in [0.25, 0.3) is 0 Å². The summed E-state index contributed by atoms with van der Waals surface area (Å²) in [7, 11) is 3.97. The number of hydrogen-bond acceptors (Lipinski definition) is 5. The second kappa shape index (κ2) is 8.88.